The predicted molar refractivity (Wildman–Crippen MR) is 107 cm³/mol. The van der Waals surface area contributed by atoms with Crippen LogP contribution in [-0.4, -0.2) is 49.0 Å². The van der Waals surface area contributed by atoms with Crippen LogP contribution in [0.25, 0.3) is 5.57 Å². The van der Waals surface area contributed by atoms with Crippen LogP contribution in [0.5, 0.6) is 0 Å². The lowest BCUT2D eigenvalue weighted by atomic mass is 9.99. The Morgan fingerprint density at radius 3 is 2.56 bits per heavy atom. The summed E-state index contributed by atoms with van der Waals surface area (Å²) in [6.45, 7) is 3.77. The van der Waals surface area contributed by atoms with Gasteiger partial charge in [-0.15, -0.1) is 0 Å². The van der Waals surface area contributed by atoms with Crippen LogP contribution in [0.3, 0.4) is 0 Å². The molecule has 0 fully saturated rings. The average molecular weight is 362 g/mol. The van der Waals surface area contributed by atoms with Gasteiger partial charge in [-0.05, 0) is 30.0 Å². The second-order valence-electron chi connectivity index (χ2n) is 7.17. The Balaban J connectivity index is 1.31. The van der Waals surface area contributed by atoms with Gasteiger partial charge >= 0.3 is 0 Å². The Kier molecular flexibility index (Phi) is 5.37. The molecule has 0 saturated carbocycles. The van der Waals surface area contributed by atoms with Crippen molar-refractivity contribution in [3.8, 4) is 0 Å². The molecule has 0 aliphatic carbocycles. The quantitative estimate of drug-likeness (QED) is 0.780. The van der Waals surface area contributed by atoms with Gasteiger partial charge in [0.2, 0.25) is 0 Å². The molecule has 4 nitrogen and oxygen atoms in total. The summed E-state index contributed by atoms with van der Waals surface area (Å²) >= 11 is 0. The molecule has 2 aromatic rings. The number of nitrogens with zero attached hydrogens (tertiary/aromatic N) is 2. The van der Waals surface area contributed by atoms with E-state index in [-0.39, 0.29) is 12.1 Å². The minimum atomic E-state index is -0.250. The Hall–Kier alpha value is -2.43. The van der Waals surface area contributed by atoms with Gasteiger partial charge in [0.15, 0.2) is 6.23 Å². The minimum absolute atomic E-state index is 0.0855. The van der Waals surface area contributed by atoms with Crippen molar-refractivity contribution in [2.24, 2.45) is 0 Å². The first-order valence-corrected chi connectivity index (χ1v) is 9.67. The zero-order valence-electron chi connectivity index (χ0n) is 15.8. The molecule has 4 heteroatoms. The lowest BCUT2D eigenvalue weighted by molar-refractivity contribution is -0.0136. The second kappa shape index (κ2) is 8.07. The maximum absolute atomic E-state index is 12.7. The Labute approximate surface area is 161 Å². The molecule has 1 atom stereocenters. The van der Waals surface area contributed by atoms with E-state index < -0.39 is 0 Å². The van der Waals surface area contributed by atoms with Crippen molar-refractivity contribution in [1.29, 1.82) is 0 Å². The molecule has 2 heterocycles. The molecule has 1 amide bonds. The van der Waals surface area contributed by atoms with Crippen LogP contribution >= 0.6 is 0 Å². The molecule has 0 N–H and O–H groups in total. The third kappa shape index (κ3) is 3.68. The third-order valence-electron chi connectivity index (χ3n) is 5.54. The SMILES string of the molecule is COC1c2ccccc2C(=O)N1CCCN1CC=C(c2ccccc2)CC1. The van der Waals surface area contributed by atoms with Crippen molar-refractivity contribution in [3.05, 3.63) is 77.4 Å². The van der Waals surface area contributed by atoms with Crippen molar-refractivity contribution in [3.63, 3.8) is 0 Å². The van der Waals surface area contributed by atoms with Crippen molar-refractivity contribution >= 4 is 11.5 Å². The molecule has 140 valence electrons. The van der Waals surface area contributed by atoms with Crippen LogP contribution < -0.4 is 0 Å². The second-order valence-corrected chi connectivity index (χ2v) is 7.17. The normalized spacial score (nSPS) is 19.9. The number of rotatable bonds is 6. The summed E-state index contributed by atoms with van der Waals surface area (Å²) in [5.74, 6) is 0.0855. The van der Waals surface area contributed by atoms with Crippen molar-refractivity contribution < 1.29 is 9.53 Å². The molecule has 2 aromatic carbocycles. The van der Waals surface area contributed by atoms with Crippen LogP contribution in [0, 0.1) is 0 Å². The number of fused-ring (bicyclic) bond motifs is 1. The number of amides is 1. The van der Waals surface area contributed by atoms with Crippen LogP contribution in [0.15, 0.2) is 60.7 Å². The summed E-state index contributed by atoms with van der Waals surface area (Å²) in [6.07, 6.45) is 4.13. The van der Waals surface area contributed by atoms with E-state index in [9.17, 15) is 4.79 Å². The highest BCUT2D eigenvalue weighted by molar-refractivity contribution is 5.98. The monoisotopic (exact) mass is 362 g/mol. The lowest BCUT2D eigenvalue weighted by Crippen LogP contribution is -2.34. The van der Waals surface area contributed by atoms with Gasteiger partial charge < -0.3 is 9.64 Å². The fraction of sp³-hybridized carbons (Fsp3) is 0.348. The van der Waals surface area contributed by atoms with Gasteiger partial charge in [0, 0.05) is 44.4 Å². The summed E-state index contributed by atoms with van der Waals surface area (Å²) in [4.78, 5) is 17.0. The summed E-state index contributed by atoms with van der Waals surface area (Å²) < 4.78 is 5.61. The van der Waals surface area contributed by atoms with E-state index >= 15 is 0 Å². The number of hydrogen-bond donors (Lipinski definition) is 0. The first-order valence-electron chi connectivity index (χ1n) is 9.67. The van der Waals surface area contributed by atoms with Crippen LogP contribution in [0.2, 0.25) is 0 Å². The molecule has 0 saturated heterocycles. The molecule has 2 aliphatic rings. The van der Waals surface area contributed by atoms with E-state index in [4.69, 9.17) is 4.74 Å². The number of methoxy groups -OCH3 is 1. The number of hydrogen-bond acceptors (Lipinski definition) is 3. The largest absolute Gasteiger partial charge is 0.357 e. The summed E-state index contributed by atoms with van der Waals surface area (Å²) in [5.41, 5.74) is 4.54. The van der Waals surface area contributed by atoms with Gasteiger partial charge in [0.1, 0.15) is 0 Å². The fourth-order valence-electron chi connectivity index (χ4n) is 4.10. The maximum Gasteiger partial charge on any atom is 0.256 e. The zero-order chi connectivity index (χ0) is 18.6. The van der Waals surface area contributed by atoms with Gasteiger partial charge in [0.05, 0.1) is 0 Å². The maximum atomic E-state index is 12.7. The van der Waals surface area contributed by atoms with E-state index in [2.05, 4.69) is 41.3 Å². The molecule has 2 aliphatic heterocycles. The van der Waals surface area contributed by atoms with Crippen molar-refractivity contribution in [2.45, 2.75) is 19.1 Å². The van der Waals surface area contributed by atoms with Crippen molar-refractivity contribution in [1.82, 2.24) is 9.80 Å². The fourth-order valence-corrected chi connectivity index (χ4v) is 4.10. The van der Waals surface area contributed by atoms with Crippen molar-refractivity contribution in [2.75, 3.05) is 33.3 Å². The number of benzene rings is 2. The van der Waals surface area contributed by atoms with E-state index in [0.717, 1.165) is 50.1 Å². The average Bonchev–Trinajstić information content (AvgIpc) is 3.01. The third-order valence-corrected chi connectivity index (χ3v) is 5.54. The van der Waals surface area contributed by atoms with Crippen LogP contribution in [-0.2, 0) is 4.74 Å². The van der Waals surface area contributed by atoms with Gasteiger partial charge in [-0.25, -0.2) is 0 Å². The van der Waals surface area contributed by atoms with E-state index in [0.29, 0.717) is 0 Å². The highest BCUT2D eigenvalue weighted by Crippen LogP contribution is 2.33. The van der Waals surface area contributed by atoms with E-state index in [1.165, 1.54) is 11.1 Å². The van der Waals surface area contributed by atoms with Crippen LogP contribution in [0.4, 0.5) is 0 Å². The van der Waals surface area contributed by atoms with Gasteiger partial charge in [-0.1, -0.05) is 54.6 Å². The topological polar surface area (TPSA) is 32.8 Å². The molecule has 0 spiro atoms. The summed E-state index contributed by atoms with van der Waals surface area (Å²) in [5, 5.41) is 0. The molecule has 27 heavy (non-hydrogen) atoms. The van der Waals surface area contributed by atoms with E-state index in [1.807, 2.05) is 29.2 Å². The highest BCUT2D eigenvalue weighted by Gasteiger charge is 2.36. The highest BCUT2D eigenvalue weighted by atomic mass is 16.5. The van der Waals surface area contributed by atoms with Gasteiger partial charge in [0.25, 0.3) is 5.91 Å². The molecule has 4 rings (SSSR count). The lowest BCUT2D eigenvalue weighted by Gasteiger charge is -2.28. The first kappa shape index (κ1) is 18.0. The number of ether oxygens (including phenoxy) is 1. The summed E-state index contributed by atoms with van der Waals surface area (Å²) in [7, 11) is 1.67. The number of carbonyl (C=O) groups excluding carboxylic acids is 1. The molecule has 0 aromatic heterocycles. The molecule has 1 unspecified atom stereocenters. The number of carbonyl (C=O) groups is 1. The Morgan fingerprint density at radius 1 is 1.04 bits per heavy atom. The Morgan fingerprint density at radius 2 is 1.81 bits per heavy atom. The standard InChI is InChI=1S/C23H26N2O2/c1-27-23-21-11-6-5-10-20(21)22(26)25(23)15-7-14-24-16-12-19(13-17-24)18-8-3-2-4-9-18/h2-6,8-12,23H,7,13-17H2,1H3. The van der Waals surface area contributed by atoms with E-state index in [1.54, 1.807) is 7.11 Å². The molecule has 0 bridgehead atoms. The Bertz CT molecular complexity index is 831. The molecular formula is C23H26N2O2. The molecule has 0 radical (unpaired) electrons. The first-order chi connectivity index (χ1) is 13.3. The molecular weight excluding hydrogens is 336 g/mol. The summed E-state index contributed by atoms with van der Waals surface area (Å²) in [6, 6.07) is 18.4. The smallest absolute Gasteiger partial charge is 0.256 e. The van der Waals surface area contributed by atoms with Gasteiger partial charge in [-0.2, -0.15) is 0 Å². The van der Waals surface area contributed by atoms with Crippen LogP contribution in [0.1, 0.15) is 40.6 Å². The predicted octanol–water partition coefficient (Wildman–Crippen LogP) is 3.97. The zero-order valence-corrected chi connectivity index (χ0v) is 15.8. The van der Waals surface area contributed by atoms with Gasteiger partial charge in [-0.3, -0.25) is 9.69 Å². The minimum Gasteiger partial charge on any atom is -0.357 e.